The summed E-state index contributed by atoms with van der Waals surface area (Å²) in [6.07, 6.45) is 1.62. The lowest BCUT2D eigenvalue weighted by atomic mass is 9.87. The van der Waals surface area contributed by atoms with Crippen molar-refractivity contribution in [1.82, 2.24) is 34.7 Å². The predicted octanol–water partition coefficient (Wildman–Crippen LogP) is 3.80. The molecule has 298 valence electrons. The van der Waals surface area contributed by atoms with Gasteiger partial charge in [0.1, 0.15) is 22.0 Å². The van der Waals surface area contributed by atoms with Gasteiger partial charge in [-0.2, -0.15) is 5.10 Å². The van der Waals surface area contributed by atoms with Crippen LogP contribution in [0.2, 0.25) is 0 Å². The molecule has 5 heterocycles. The van der Waals surface area contributed by atoms with Crippen LogP contribution >= 0.6 is 15.9 Å². The molecule has 3 saturated heterocycles. The standard InChI is InChI=1S/C42H47BrN8O6/c1-47-24-29(20-30(25-47)45-33-21-44-48(2)42(56)38(33)43)28-10-6-26(7-11-28)22-49-16-18-50(19-17-49)23-27-8-12-31(13-9-27)57-35-5-3-4-32-37(35)41(55)51(40(32)54)34-14-15-36(52)46-39(34)53/h3-13,21,29-30,34,40,45,54H,14-20,22-25H2,1-2H3,(H,46,52,53). The highest BCUT2D eigenvalue weighted by molar-refractivity contribution is 9.10. The maximum atomic E-state index is 13.5. The maximum Gasteiger partial charge on any atom is 0.282 e. The first kappa shape index (κ1) is 38.9. The van der Waals surface area contributed by atoms with Gasteiger partial charge in [-0.05, 0) is 76.6 Å². The van der Waals surface area contributed by atoms with Crippen LogP contribution in [-0.4, -0.2) is 111 Å². The number of aliphatic hydroxyl groups is 1. The average Bonchev–Trinajstić information content (AvgIpc) is 3.46. The molecule has 3 fully saturated rings. The first-order valence-electron chi connectivity index (χ1n) is 19.5. The van der Waals surface area contributed by atoms with Crippen molar-refractivity contribution in [3.63, 3.8) is 0 Å². The molecule has 8 rings (SSSR count). The van der Waals surface area contributed by atoms with E-state index in [9.17, 15) is 24.3 Å². The van der Waals surface area contributed by atoms with E-state index >= 15 is 0 Å². The first-order chi connectivity index (χ1) is 27.5. The van der Waals surface area contributed by atoms with Gasteiger partial charge in [-0.1, -0.05) is 48.5 Å². The van der Waals surface area contributed by atoms with Crippen LogP contribution in [0.5, 0.6) is 11.5 Å². The van der Waals surface area contributed by atoms with E-state index in [-0.39, 0.29) is 35.9 Å². The molecule has 57 heavy (non-hydrogen) atoms. The van der Waals surface area contributed by atoms with Crippen LogP contribution in [0.1, 0.15) is 64.0 Å². The van der Waals surface area contributed by atoms with E-state index in [0.29, 0.717) is 27.5 Å². The van der Waals surface area contributed by atoms with E-state index in [1.165, 1.54) is 15.8 Å². The lowest BCUT2D eigenvalue weighted by Gasteiger charge is -2.37. The Bertz CT molecular complexity index is 2210. The molecule has 1 aromatic heterocycles. The number of likely N-dealkylation sites (N-methyl/N-ethyl adjacent to an activating group) is 1. The fourth-order valence-electron chi connectivity index (χ4n) is 8.53. The molecule has 4 aliphatic heterocycles. The van der Waals surface area contributed by atoms with Crippen molar-refractivity contribution in [1.29, 1.82) is 0 Å². The number of piperazine rings is 1. The van der Waals surface area contributed by atoms with Crippen LogP contribution in [0.25, 0.3) is 0 Å². The van der Waals surface area contributed by atoms with Crippen LogP contribution in [0.15, 0.2) is 82.2 Å². The van der Waals surface area contributed by atoms with E-state index in [1.807, 2.05) is 24.3 Å². The molecule has 0 spiro atoms. The Balaban J connectivity index is 0.812. The zero-order chi connectivity index (χ0) is 39.8. The SMILES string of the molecule is CN1CC(Nc2cnn(C)c(=O)c2Br)CC(c2ccc(CN3CCN(Cc4ccc(Oc5cccc6c5C(=O)N(C5CCC(=O)NC5=O)C6O)cc4)CC3)cc2)C1. The third kappa shape index (κ3) is 8.39. The zero-order valence-electron chi connectivity index (χ0n) is 32.1. The van der Waals surface area contributed by atoms with Crippen molar-refractivity contribution >= 4 is 39.3 Å². The molecule has 14 nitrogen and oxygen atoms in total. The predicted molar refractivity (Wildman–Crippen MR) is 217 cm³/mol. The summed E-state index contributed by atoms with van der Waals surface area (Å²) >= 11 is 3.44. The fraction of sp³-hybridized carbons (Fsp3) is 0.405. The number of amides is 3. The Labute approximate surface area is 339 Å². The zero-order valence-corrected chi connectivity index (χ0v) is 33.7. The number of benzene rings is 3. The average molecular weight is 840 g/mol. The molecule has 4 unspecified atom stereocenters. The van der Waals surface area contributed by atoms with Crippen molar-refractivity contribution in [2.75, 3.05) is 51.6 Å². The highest BCUT2D eigenvalue weighted by Gasteiger charge is 2.46. The van der Waals surface area contributed by atoms with Gasteiger partial charge in [0.05, 0.1) is 17.4 Å². The number of carbonyl (C=O) groups is 3. The number of hydrogen-bond acceptors (Lipinski definition) is 11. The summed E-state index contributed by atoms with van der Waals surface area (Å²) in [6.45, 7) is 7.48. The van der Waals surface area contributed by atoms with Gasteiger partial charge in [-0.3, -0.25) is 39.2 Å². The molecule has 0 saturated carbocycles. The van der Waals surface area contributed by atoms with Crippen LogP contribution in [0.4, 0.5) is 5.69 Å². The van der Waals surface area contributed by atoms with Gasteiger partial charge in [-0.25, -0.2) is 4.68 Å². The Morgan fingerprint density at radius 2 is 1.56 bits per heavy atom. The second-order valence-electron chi connectivity index (χ2n) is 15.6. The summed E-state index contributed by atoms with van der Waals surface area (Å²) in [6, 6.07) is 21.2. The molecule has 4 atom stereocenters. The second-order valence-corrected chi connectivity index (χ2v) is 16.4. The number of likely N-dealkylation sites (tertiary alicyclic amines) is 1. The third-order valence-electron chi connectivity index (χ3n) is 11.5. The van der Waals surface area contributed by atoms with Gasteiger partial charge in [0.25, 0.3) is 11.5 Å². The van der Waals surface area contributed by atoms with Crippen LogP contribution < -0.4 is 20.9 Å². The number of piperidine rings is 2. The number of aryl methyl sites for hydroxylation is 1. The smallest absolute Gasteiger partial charge is 0.282 e. The number of ether oxygens (including phenoxy) is 1. The Morgan fingerprint density at radius 3 is 2.23 bits per heavy atom. The summed E-state index contributed by atoms with van der Waals surface area (Å²) in [5, 5.41) is 21.0. The highest BCUT2D eigenvalue weighted by atomic mass is 79.9. The molecule has 0 bridgehead atoms. The molecule has 15 heteroatoms. The van der Waals surface area contributed by atoms with E-state index in [0.717, 1.165) is 74.9 Å². The lowest BCUT2D eigenvalue weighted by molar-refractivity contribution is -0.139. The summed E-state index contributed by atoms with van der Waals surface area (Å²) in [7, 11) is 3.79. The van der Waals surface area contributed by atoms with Crippen molar-refractivity contribution in [2.45, 2.75) is 56.6 Å². The normalized spacial score (nSPS) is 23.4. The number of aromatic nitrogens is 2. The number of aliphatic hydroxyl groups excluding tert-OH is 1. The van der Waals surface area contributed by atoms with Gasteiger partial charge in [-0.15, -0.1) is 0 Å². The number of hydrogen-bond donors (Lipinski definition) is 3. The minimum Gasteiger partial charge on any atom is -0.457 e. The Hall–Kier alpha value is -4.93. The summed E-state index contributed by atoms with van der Waals surface area (Å²) in [5.74, 6) is -0.232. The van der Waals surface area contributed by atoms with E-state index < -0.39 is 24.1 Å². The monoisotopic (exact) mass is 838 g/mol. The molecule has 4 aliphatic rings. The van der Waals surface area contributed by atoms with Gasteiger partial charge in [0.2, 0.25) is 11.8 Å². The van der Waals surface area contributed by atoms with Crippen LogP contribution in [-0.2, 0) is 29.7 Å². The fourth-order valence-corrected chi connectivity index (χ4v) is 9.00. The summed E-state index contributed by atoms with van der Waals surface area (Å²) < 4.78 is 8.00. The summed E-state index contributed by atoms with van der Waals surface area (Å²) in [4.78, 5) is 58.5. The number of fused-ring (bicyclic) bond motifs is 1. The number of imide groups is 1. The van der Waals surface area contributed by atoms with Crippen molar-refractivity contribution in [2.24, 2.45) is 7.05 Å². The second kappa shape index (κ2) is 16.5. The Kier molecular flexibility index (Phi) is 11.3. The number of nitrogens with zero attached hydrogens (tertiary/aromatic N) is 6. The van der Waals surface area contributed by atoms with E-state index in [4.69, 9.17) is 4.74 Å². The van der Waals surface area contributed by atoms with E-state index in [2.05, 4.69) is 77.7 Å². The topological polar surface area (TPSA) is 153 Å². The highest BCUT2D eigenvalue weighted by Crippen LogP contribution is 2.41. The van der Waals surface area contributed by atoms with Crippen molar-refractivity contribution in [3.05, 3.63) is 116 Å². The first-order valence-corrected chi connectivity index (χ1v) is 20.2. The molecule has 3 aromatic carbocycles. The molecule has 4 aromatic rings. The number of carbonyl (C=O) groups excluding carboxylic acids is 3. The minimum atomic E-state index is -1.31. The molecule has 3 amide bonds. The Morgan fingerprint density at radius 1 is 0.895 bits per heavy atom. The number of nitrogens with one attached hydrogen (secondary N) is 2. The maximum absolute atomic E-state index is 13.5. The molecular weight excluding hydrogens is 792 g/mol. The van der Waals surface area contributed by atoms with Crippen LogP contribution in [0.3, 0.4) is 0 Å². The van der Waals surface area contributed by atoms with Crippen molar-refractivity contribution < 1.29 is 24.2 Å². The van der Waals surface area contributed by atoms with Crippen LogP contribution in [0, 0.1) is 0 Å². The quantitative estimate of drug-likeness (QED) is 0.200. The molecule has 0 aliphatic carbocycles. The third-order valence-corrected chi connectivity index (χ3v) is 12.3. The number of halogens is 1. The summed E-state index contributed by atoms with van der Waals surface area (Å²) in [5.41, 5.74) is 4.96. The van der Waals surface area contributed by atoms with E-state index in [1.54, 1.807) is 31.4 Å². The van der Waals surface area contributed by atoms with Gasteiger partial charge >= 0.3 is 0 Å². The largest absolute Gasteiger partial charge is 0.457 e. The number of anilines is 1. The lowest BCUT2D eigenvalue weighted by Crippen LogP contribution is -2.53. The minimum absolute atomic E-state index is 0.0999. The van der Waals surface area contributed by atoms with Gasteiger partial charge in [0, 0.05) is 77.4 Å². The molecule has 0 radical (unpaired) electrons. The number of rotatable bonds is 10. The van der Waals surface area contributed by atoms with Gasteiger partial charge in [0.15, 0.2) is 6.23 Å². The molecular formula is C42H47BrN8O6. The van der Waals surface area contributed by atoms with Gasteiger partial charge < -0.3 is 20.1 Å². The van der Waals surface area contributed by atoms with Crippen molar-refractivity contribution in [3.8, 4) is 11.5 Å². The molecule has 3 N–H and O–H groups in total.